The Morgan fingerprint density at radius 3 is 2.05 bits per heavy atom. The van der Waals surface area contributed by atoms with Gasteiger partial charge in [0, 0.05) is 26.2 Å². The summed E-state index contributed by atoms with van der Waals surface area (Å²) in [6.07, 6.45) is 7.91. The van der Waals surface area contributed by atoms with E-state index >= 15 is 0 Å². The zero-order valence-electron chi connectivity index (χ0n) is 23.4. The molecule has 6 fully saturated rings. The second kappa shape index (κ2) is 9.18. The van der Waals surface area contributed by atoms with Gasteiger partial charge in [0.15, 0.2) is 0 Å². The molecule has 0 radical (unpaired) electrons. The molecule has 0 bridgehead atoms. The van der Waals surface area contributed by atoms with Crippen LogP contribution in [0.1, 0.15) is 77.0 Å². The largest absolute Gasteiger partial charge is 0.481 e. The quantitative estimate of drug-likeness (QED) is 0.240. The molecule has 5 N–H and O–H groups in total. The third kappa shape index (κ3) is 4.02. The molecule has 0 unspecified atom stereocenters. The second-order valence-electron chi connectivity index (χ2n) is 13.3. The van der Waals surface area contributed by atoms with Gasteiger partial charge in [0.05, 0.1) is 5.41 Å². The molecule has 7 amide bonds. The van der Waals surface area contributed by atoms with Crippen LogP contribution < -0.4 is 11.5 Å². The molecular weight excluding hydrogens is 532 g/mol. The molecule has 2 aliphatic heterocycles. The number of carboxylic acid groups (broad SMARTS) is 1. The predicted molar refractivity (Wildman–Crippen MR) is 142 cm³/mol. The van der Waals surface area contributed by atoms with Crippen molar-refractivity contribution in [2.75, 3.05) is 20.1 Å². The van der Waals surface area contributed by atoms with Crippen molar-refractivity contribution in [1.82, 2.24) is 19.6 Å². The molecule has 0 aromatic rings. The van der Waals surface area contributed by atoms with Gasteiger partial charge in [0.2, 0.25) is 0 Å². The molecule has 0 aromatic carbocycles. The zero-order chi connectivity index (χ0) is 29.5. The number of barbiturate groups is 1. The van der Waals surface area contributed by atoms with E-state index in [0.717, 1.165) is 40.4 Å². The number of rotatable bonds is 6. The number of hydrogen-bond acceptors (Lipinski definition) is 8. The Kier molecular flexibility index (Phi) is 6.17. The molecule has 222 valence electrons. The standard InChI is InChI=1S/C28H38N6O7/c1-31-22(37)28(33(24(31)40)15-27(10-11-27)23(38)39)13-26(14-28)8-6-17(7-9-26)34-21(36)18(19(29)30)20(35)32(25(34)41)12-16-4-2-3-5-16/h16-17H,2-15,29-30H2,1H3,(H,38,39). The monoisotopic (exact) mass is 570 g/mol. The normalized spacial score (nSPS) is 33.4. The van der Waals surface area contributed by atoms with Gasteiger partial charge in [-0.25, -0.2) is 9.59 Å². The summed E-state index contributed by atoms with van der Waals surface area (Å²) in [5.41, 5.74) is 8.87. The molecular formula is C28H38N6O7. The van der Waals surface area contributed by atoms with E-state index in [1.165, 1.54) is 11.9 Å². The van der Waals surface area contributed by atoms with Crippen LogP contribution in [0.15, 0.2) is 11.4 Å². The molecule has 41 heavy (non-hydrogen) atoms. The lowest BCUT2D eigenvalue weighted by molar-refractivity contribution is -0.155. The first-order valence-corrected chi connectivity index (χ1v) is 14.6. The van der Waals surface area contributed by atoms with Crippen LogP contribution in [0.5, 0.6) is 0 Å². The minimum atomic E-state index is -1.05. The van der Waals surface area contributed by atoms with Crippen LogP contribution in [0, 0.1) is 16.7 Å². The van der Waals surface area contributed by atoms with Gasteiger partial charge in [-0.1, -0.05) is 12.8 Å². The first-order valence-electron chi connectivity index (χ1n) is 14.6. The maximum atomic E-state index is 13.6. The molecule has 13 nitrogen and oxygen atoms in total. The van der Waals surface area contributed by atoms with Crippen LogP contribution in [0.3, 0.4) is 0 Å². The van der Waals surface area contributed by atoms with Crippen LogP contribution in [-0.2, 0) is 19.2 Å². The molecule has 6 rings (SSSR count). The number of aliphatic carboxylic acids is 1. The Morgan fingerprint density at radius 2 is 1.51 bits per heavy atom. The predicted octanol–water partition coefficient (Wildman–Crippen LogP) is 1.32. The zero-order valence-corrected chi connectivity index (χ0v) is 23.4. The summed E-state index contributed by atoms with van der Waals surface area (Å²) >= 11 is 0. The number of amides is 7. The summed E-state index contributed by atoms with van der Waals surface area (Å²) in [5, 5.41) is 9.71. The molecule has 6 aliphatic rings. The van der Waals surface area contributed by atoms with Crippen molar-refractivity contribution < 1.29 is 33.9 Å². The van der Waals surface area contributed by atoms with E-state index in [9.17, 15) is 33.9 Å². The highest BCUT2D eigenvalue weighted by Gasteiger charge is 2.70. The average molecular weight is 571 g/mol. The number of likely N-dealkylation sites (N-methyl/N-ethyl adjacent to an activating group) is 1. The highest BCUT2D eigenvalue weighted by molar-refractivity contribution is 6.29. The Bertz CT molecular complexity index is 1260. The molecule has 0 atom stereocenters. The van der Waals surface area contributed by atoms with Crippen LogP contribution in [0.25, 0.3) is 0 Å². The van der Waals surface area contributed by atoms with Gasteiger partial charge < -0.3 is 21.5 Å². The molecule has 2 saturated heterocycles. The van der Waals surface area contributed by atoms with E-state index in [2.05, 4.69) is 0 Å². The Hall–Kier alpha value is -3.64. The molecule has 4 aliphatic carbocycles. The first kappa shape index (κ1) is 27.5. The Balaban J connectivity index is 1.17. The van der Waals surface area contributed by atoms with Gasteiger partial charge in [-0.2, -0.15) is 0 Å². The summed E-state index contributed by atoms with van der Waals surface area (Å²) < 4.78 is 0. The van der Waals surface area contributed by atoms with E-state index in [1.54, 1.807) is 0 Å². The maximum Gasteiger partial charge on any atom is 0.334 e. The Labute approximate surface area is 237 Å². The summed E-state index contributed by atoms with van der Waals surface area (Å²) in [4.78, 5) is 83.1. The van der Waals surface area contributed by atoms with Crippen molar-refractivity contribution in [3.63, 3.8) is 0 Å². The van der Waals surface area contributed by atoms with E-state index in [4.69, 9.17) is 11.5 Å². The van der Waals surface area contributed by atoms with E-state index in [-0.39, 0.29) is 35.9 Å². The minimum absolute atomic E-state index is 0.0210. The van der Waals surface area contributed by atoms with Gasteiger partial charge in [0.25, 0.3) is 17.7 Å². The second-order valence-corrected chi connectivity index (χ2v) is 13.3. The molecule has 0 aromatic heterocycles. The summed E-state index contributed by atoms with van der Waals surface area (Å²) in [6, 6.07) is -1.54. The van der Waals surface area contributed by atoms with Crippen LogP contribution in [0.4, 0.5) is 9.59 Å². The van der Waals surface area contributed by atoms with Gasteiger partial charge in [-0.05, 0) is 75.5 Å². The number of urea groups is 2. The summed E-state index contributed by atoms with van der Waals surface area (Å²) in [6.45, 7) is 0.252. The molecule has 13 heteroatoms. The fourth-order valence-corrected chi connectivity index (χ4v) is 8.18. The maximum absolute atomic E-state index is 13.6. The van der Waals surface area contributed by atoms with Crippen molar-refractivity contribution in [3.8, 4) is 0 Å². The fourth-order valence-electron chi connectivity index (χ4n) is 8.18. The minimum Gasteiger partial charge on any atom is -0.481 e. The summed E-state index contributed by atoms with van der Waals surface area (Å²) in [5.74, 6) is -2.96. The first-order chi connectivity index (χ1) is 19.3. The number of carboxylic acids is 1. The smallest absolute Gasteiger partial charge is 0.334 e. The number of nitrogens with zero attached hydrogens (tertiary/aromatic N) is 4. The number of imide groups is 3. The Morgan fingerprint density at radius 1 is 0.902 bits per heavy atom. The topological polar surface area (TPSA) is 188 Å². The van der Waals surface area contributed by atoms with Gasteiger partial charge in [-0.3, -0.25) is 33.9 Å². The van der Waals surface area contributed by atoms with Crippen molar-refractivity contribution in [1.29, 1.82) is 0 Å². The number of carbonyl (C=O) groups is 6. The van der Waals surface area contributed by atoms with Crippen molar-refractivity contribution >= 4 is 35.8 Å². The lowest BCUT2D eigenvalue weighted by atomic mass is 9.51. The van der Waals surface area contributed by atoms with Gasteiger partial charge in [0.1, 0.15) is 16.9 Å². The highest BCUT2D eigenvalue weighted by atomic mass is 16.4. The van der Waals surface area contributed by atoms with Crippen molar-refractivity contribution in [2.45, 2.75) is 88.6 Å². The van der Waals surface area contributed by atoms with Gasteiger partial charge in [-0.15, -0.1) is 0 Å². The van der Waals surface area contributed by atoms with E-state index < -0.39 is 52.7 Å². The van der Waals surface area contributed by atoms with Crippen molar-refractivity contribution in [3.05, 3.63) is 11.4 Å². The van der Waals surface area contributed by atoms with Crippen molar-refractivity contribution in [2.24, 2.45) is 28.2 Å². The number of hydrogen-bond donors (Lipinski definition) is 3. The molecule has 2 heterocycles. The van der Waals surface area contributed by atoms with Crippen LogP contribution in [-0.4, -0.2) is 92.2 Å². The molecule has 2 spiro atoms. The van der Waals surface area contributed by atoms with Crippen LogP contribution >= 0.6 is 0 Å². The van der Waals surface area contributed by atoms with Crippen LogP contribution in [0.2, 0.25) is 0 Å². The third-order valence-corrected chi connectivity index (χ3v) is 10.8. The third-order valence-electron chi connectivity index (χ3n) is 10.8. The van der Waals surface area contributed by atoms with Gasteiger partial charge >= 0.3 is 18.0 Å². The fraction of sp³-hybridized carbons (Fsp3) is 0.714. The average Bonchev–Trinajstić information content (AvgIpc) is 3.48. The lowest BCUT2D eigenvalue weighted by Gasteiger charge is -2.59. The number of carbonyl (C=O) groups excluding carboxylic acids is 5. The van der Waals surface area contributed by atoms with E-state index in [0.29, 0.717) is 51.4 Å². The lowest BCUT2D eigenvalue weighted by Crippen LogP contribution is -2.66. The number of nitrogens with two attached hydrogens (primary N) is 2. The molecule has 4 saturated carbocycles. The summed E-state index contributed by atoms with van der Waals surface area (Å²) in [7, 11) is 1.44. The highest BCUT2D eigenvalue weighted by Crippen LogP contribution is 2.62. The van der Waals surface area contributed by atoms with E-state index in [1.807, 2.05) is 0 Å². The SMILES string of the molecule is CN1C(=O)N(CC2(C(=O)O)CC2)C2(CC3(CCC(N4C(=O)C(=C(N)N)C(=O)N(CC5CCCC5)C4=O)CC3)C2)C1=O.